The Kier molecular flexibility index (Phi) is 3.28. The summed E-state index contributed by atoms with van der Waals surface area (Å²) in [6.45, 7) is 0.595. The molecule has 1 N–H and O–H groups in total. The summed E-state index contributed by atoms with van der Waals surface area (Å²) in [7, 11) is 0. The number of halogens is 1. The molecule has 0 saturated heterocycles. The van der Waals surface area contributed by atoms with E-state index < -0.39 is 5.82 Å². The Morgan fingerprint density at radius 1 is 1.33 bits per heavy atom. The molecule has 21 heavy (non-hydrogen) atoms. The number of hydrogen-bond acceptors (Lipinski definition) is 3. The van der Waals surface area contributed by atoms with Crippen LogP contribution in [0.15, 0.2) is 36.4 Å². The van der Waals surface area contributed by atoms with Crippen LogP contribution < -0.4 is 10.1 Å². The van der Waals surface area contributed by atoms with Crippen LogP contribution in [0, 0.1) is 17.1 Å². The summed E-state index contributed by atoms with van der Waals surface area (Å²) in [5, 5.41) is 11.6. The molecular formula is C16H11FN2O2. The van der Waals surface area contributed by atoms with Gasteiger partial charge < -0.3 is 10.1 Å². The van der Waals surface area contributed by atoms with Gasteiger partial charge in [0.2, 0.25) is 0 Å². The molecule has 0 saturated carbocycles. The zero-order valence-electron chi connectivity index (χ0n) is 11.0. The minimum absolute atomic E-state index is 0.149. The van der Waals surface area contributed by atoms with Gasteiger partial charge in [-0.15, -0.1) is 0 Å². The number of carbonyl (C=O) groups excluding carboxylic acids is 1. The number of nitrogens with zero attached hydrogens (tertiary/aromatic N) is 1. The highest BCUT2D eigenvalue weighted by Gasteiger charge is 2.18. The molecule has 1 heterocycles. The summed E-state index contributed by atoms with van der Waals surface area (Å²) >= 11 is 0. The van der Waals surface area contributed by atoms with E-state index in [1.807, 2.05) is 6.07 Å². The Labute approximate surface area is 120 Å². The van der Waals surface area contributed by atoms with Crippen LogP contribution in [0.3, 0.4) is 0 Å². The maximum atomic E-state index is 13.3. The molecule has 2 aromatic carbocycles. The molecule has 0 bridgehead atoms. The SMILES string of the molecule is N#Cc1cc(C(=O)Nc2cccc3c2CCO3)ccc1F. The number of amides is 1. The van der Waals surface area contributed by atoms with Crippen LogP contribution >= 0.6 is 0 Å². The van der Waals surface area contributed by atoms with Gasteiger partial charge >= 0.3 is 0 Å². The van der Waals surface area contributed by atoms with Crippen LogP contribution in [0.25, 0.3) is 0 Å². The minimum Gasteiger partial charge on any atom is -0.493 e. The number of nitriles is 1. The molecule has 0 fully saturated rings. The highest BCUT2D eigenvalue weighted by Crippen LogP contribution is 2.31. The molecule has 2 aromatic rings. The van der Waals surface area contributed by atoms with Crippen molar-refractivity contribution in [2.24, 2.45) is 0 Å². The van der Waals surface area contributed by atoms with Gasteiger partial charge in [-0.05, 0) is 30.3 Å². The number of carbonyl (C=O) groups is 1. The van der Waals surface area contributed by atoms with Crippen molar-refractivity contribution in [2.75, 3.05) is 11.9 Å². The van der Waals surface area contributed by atoms with E-state index in [1.54, 1.807) is 18.2 Å². The molecule has 5 heteroatoms. The standard InChI is InChI=1S/C16H11FN2O2/c17-13-5-4-10(8-11(13)9-18)16(20)19-14-2-1-3-15-12(14)6-7-21-15/h1-5,8H,6-7H2,(H,19,20). The van der Waals surface area contributed by atoms with Crippen LogP contribution in [-0.2, 0) is 6.42 Å². The number of anilines is 1. The molecule has 0 aliphatic carbocycles. The second-order valence-corrected chi connectivity index (χ2v) is 4.64. The van der Waals surface area contributed by atoms with Crippen LogP contribution in [-0.4, -0.2) is 12.5 Å². The molecule has 1 aliphatic rings. The van der Waals surface area contributed by atoms with E-state index in [9.17, 15) is 9.18 Å². The summed E-state index contributed by atoms with van der Waals surface area (Å²) in [6, 6.07) is 10.9. The van der Waals surface area contributed by atoms with Crippen molar-refractivity contribution in [3.63, 3.8) is 0 Å². The summed E-state index contributed by atoms with van der Waals surface area (Å²) in [5.41, 5.74) is 1.72. The quantitative estimate of drug-likeness (QED) is 0.921. The summed E-state index contributed by atoms with van der Waals surface area (Å²) in [5.74, 6) is -0.250. The fraction of sp³-hybridized carbons (Fsp3) is 0.125. The van der Waals surface area contributed by atoms with E-state index in [2.05, 4.69) is 5.32 Å². The van der Waals surface area contributed by atoms with E-state index in [1.165, 1.54) is 12.1 Å². The Morgan fingerprint density at radius 3 is 3.00 bits per heavy atom. The van der Waals surface area contributed by atoms with Gasteiger partial charge in [0.15, 0.2) is 0 Å². The lowest BCUT2D eigenvalue weighted by atomic mass is 10.1. The fourth-order valence-electron chi connectivity index (χ4n) is 2.29. The Morgan fingerprint density at radius 2 is 2.19 bits per heavy atom. The molecule has 0 unspecified atom stereocenters. The van der Waals surface area contributed by atoms with Gasteiger partial charge in [-0.3, -0.25) is 4.79 Å². The molecule has 3 rings (SSSR count). The van der Waals surface area contributed by atoms with Gasteiger partial charge in [-0.1, -0.05) is 6.07 Å². The molecule has 0 atom stereocenters. The number of ether oxygens (including phenoxy) is 1. The van der Waals surface area contributed by atoms with E-state index >= 15 is 0 Å². The topological polar surface area (TPSA) is 62.1 Å². The highest BCUT2D eigenvalue weighted by atomic mass is 19.1. The number of hydrogen-bond donors (Lipinski definition) is 1. The summed E-state index contributed by atoms with van der Waals surface area (Å²) in [6.07, 6.45) is 0.735. The van der Waals surface area contributed by atoms with Crippen LogP contribution in [0.2, 0.25) is 0 Å². The Bertz CT molecular complexity index is 765. The van der Waals surface area contributed by atoms with Gasteiger partial charge in [-0.25, -0.2) is 4.39 Å². The average Bonchev–Trinajstić information content (AvgIpc) is 2.97. The number of benzene rings is 2. The lowest BCUT2D eigenvalue weighted by molar-refractivity contribution is 0.102. The normalized spacial score (nSPS) is 12.2. The second kappa shape index (κ2) is 5.25. The van der Waals surface area contributed by atoms with E-state index in [4.69, 9.17) is 10.00 Å². The number of nitrogens with one attached hydrogen (secondary N) is 1. The maximum Gasteiger partial charge on any atom is 0.255 e. The highest BCUT2D eigenvalue weighted by molar-refractivity contribution is 6.05. The zero-order chi connectivity index (χ0) is 14.8. The van der Waals surface area contributed by atoms with Gasteiger partial charge in [0.25, 0.3) is 5.91 Å². The Balaban J connectivity index is 1.88. The van der Waals surface area contributed by atoms with Crippen molar-refractivity contribution in [3.05, 3.63) is 58.9 Å². The molecule has 1 aliphatic heterocycles. The maximum absolute atomic E-state index is 13.3. The molecule has 1 amide bonds. The molecule has 0 radical (unpaired) electrons. The minimum atomic E-state index is -0.636. The fourth-order valence-corrected chi connectivity index (χ4v) is 2.29. The first-order chi connectivity index (χ1) is 10.2. The van der Waals surface area contributed by atoms with Crippen molar-refractivity contribution in [2.45, 2.75) is 6.42 Å². The first-order valence-electron chi connectivity index (χ1n) is 6.45. The molecule has 104 valence electrons. The molecule has 4 nitrogen and oxygen atoms in total. The first kappa shape index (κ1) is 13.1. The molecule has 0 spiro atoms. The van der Waals surface area contributed by atoms with Gasteiger partial charge in [0, 0.05) is 23.2 Å². The lowest BCUT2D eigenvalue weighted by Gasteiger charge is -2.09. The largest absolute Gasteiger partial charge is 0.493 e. The van der Waals surface area contributed by atoms with Gasteiger partial charge in [0.1, 0.15) is 17.6 Å². The molecule has 0 aromatic heterocycles. The van der Waals surface area contributed by atoms with Crippen molar-refractivity contribution in [3.8, 4) is 11.8 Å². The van der Waals surface area contributed by atoms with E-state index in [0.717, 1.165) is 23.8 Å². The number of rotatable bonds is 2. The van der Waals surface area contributed by atoms with Crippen LogP contribution in [0.4, 0.5) is 10.1 Å². The number of fused-ring (bicyclic) bond motifs is 1. The van der Waals surface area contributed by atoms with Crippen molar-refractivity contribution >= 4 is 11.6 Å². The Hall–Kier alpha value is -2.87. The zero-order valence-corrected chi connectivity index (χ0v) is 11.0. The third kappa shape index (κ3) is 2.43. The third-order valence-corrected chi connectivity index (χ3v) is 3.34. The van der Waals surface area contributed by atoms with Gasteiger partial charge in [0.05, 0.1) is 12.2 Å². The predicted molar refractivity (Wildman–Crippen MR) is 74.7 cm³/mol. The monoisotopic (exact) mass is 282 g/mol. The van der Waals surface area contributed by atoms with E-state index in [-0.39, 0.29) is 17.0 Å². The molecular weight excluding hydrogens is 271 g/mol. The van der Waals surface area contributed by atoms with Gasteiger partial charge in [-0.2, -0.15) is 5.26 Å². The summed E-state index contributed by atoms with van der Waals surface area (Å²) < 4.78 is 18.7. The average molecular weight is 282 g/mol. The first-order valence-corrected chi connectivity index (χ1v) is 6.45. The second-order valence-electron chi connectivity index (χ2n) is 4.64. The van der Waals surface area contributed by atoms with Crippen molar-refractivity contribution in [1.29, 1.82) is 5.26 Å². The van der Waals surface area contributed by atoms with Crippen molar-refractivity contribution < 1.29 is 13.9 Å². The summed E-state index contributed by atoms with van der Waals surface area (Å²) in [4.78, 5) is 12.2. The van der Waals surface area contributed by atoms with E-state index in [0.29, 0.717) is 12.3 Å². The van der Waals surface area contributed by atoms with Crippen LogP contribution in [0.1, 0.15) is 21.5 Å². The van der Waals surface area contributed by atoms with Crippen molar-refractivity contribution in [1.82, 2.24) is 0 Å². The predicted octanol–water partition coefficient (Wildman–Crippen LogP) is 2.88. The smallest absolute Gasteiger partial charge is 0.255 e. The lowest BCUT2D eigenvalue weighted by Crippen LogP contribution is -2.13. The van der Waals surface area contributed by atoms with Crippen LogP contribution in [0.5, 0.6) is 5.75 Å². The third-order valence-electron chi connectivity index (χ3n) is 3.34.